The van der Waals surface area contributed by atoms with Gasteiger partial charge in [0.05, 0.1) is 0 Å². The second-order valence-corrected chi connectivity index (χ2v) is 5.74. The summed E-state index contributed by atoms with van der Waals surface area (Å²) in [5.74, 6) is 0. The number of rotatable bonds is 4. The molecule has 2 aromatic rings. The summed E-state index contributed by atoms with van der Waals surface area (Å²) >= 11 is 0. The molecule has 0 radical (unpaired) electrons. The molecule has 8 nitrogen and oxygen atoms in total. The molecule has 0 aliphatic rings. The van der Waals surface area contributed by atoms with Gasteiger partial charge in [-0.25, -0.2) is 9.13 Å². The number of hydrogen-bond donors (Lipinski definition) is 2. The van der Waals surface area contributed by atoms with Crippen molar-refractivity contribution in [3.05, 3.63) is 60.2 Å². The summed E-state index contributed by atoms with van der Waals surface area (Å²) in [6, 6.07) is 11.9. The molecule has 0 aromatic carbocycles. The summed E-state index contributed by atoms with van der Waals surface area (Å²) in [6.45, 7) is 5.83. The predicted molar refractivity (Wildman–Crippen MR) is 87.4 cm³/mol. The van der Waals surface area contributed by atoms with Crippen LogP contribution in [0.2, 0.25) is 0 Å². The van der Waals surface area contributed by atoms with Crippen molar-refractivity contribution in [2.75, 3.05) is 13.2 Å². The van der Waals surface area contributed by atoms with Crippen LogP contribution in [-0.4, -0.2) is 41.0 Å². The van der Waals surface area contributed by atoms with Crippen molar-refractivity contribution in [2.45, 2.75) is 26.9 Å². The van der Waals surface area contributed by atoms with E-state index in [1.165, 1.54) is 11.4 Å². The van der Waals surface area contributed by atoms with Gasteiger partial charge in [-0.3, -0.25) is 8.42 Å². The molecule has 2 heterocycles. The van der Waals surface area contributed by atoms with E-state index in [0.717, 1.165) is 0 Å². The largest absolute Gasteiger partial charge is 0.759 e. The lowest BCUT2D eigenvalue weighted by atomic mass is 10.3. The molecule has 0 unspecified atom stereocenters. The minimum Gasteiger partial charge on any atom is -0.759 e. The van der Waals surface area contributed by atoms with E-state index in [1.54, 1.807) is 0 Å². The number of hydrogen-bond acceptors (Lipinski definition) is 6. The Morgan fingerprint density at radius 2 is 1.16 bits per heavy atom. The second kappa shape index (κ2) is 12.5. The van der Waals surface area contributed by atoms with Gasteiger partial charge < -0.3 is 19.3 Å². The Hall–Kier alpha value is -1.91. The van der Waals surface area contributed by atoms with Gasteiger partial charge in [-0.2, -0.15) is 0 Å². The fraction of sp³-hybridized carbons (Fsp3) is 0.375. The van der Waals surface area contributed by atoms with Gasteiger partial charge in [0.15, 0.2) is 36.9 Å². The summed E-state index contributed by atoms with van der Waals surface area (Å²) in [5.41, 5.74) is 2.35. The Labute approximate surface area is 148 Å². The van der Waals surface area contributed by atoms with Crippen LogP contribution in [0.5, 0.6) is 0 Å². The van der Waals surface area contributed by atoms with Crippen molar-refractivity contribution in [1.82, 2.24) is 0 Å². The molecule has 0 atom stereocenters. The van der Waals surface area contributed by atoms with Gasteiger partial charge in [0, 0.05) is 48.5 Å². The first-order valence-electron chi connectivity index (χ1n) is 7.47. The highest BCUT2D eigenvalue weighted by atomic mass is 32.3. The number of aliphatic hydroxyl groups excluding tert-OH is 2. The van der Waals surface area contributed by atoms with Crippen molar-refractivity contribution in [2.24, 2.45) is 0 Å². The number of aromatic nitrogens is 2. The molecular formula is C16H24N2O6S. The molecule has 2 rings (SSSR count). The molecule has 0 saturated heterocycles. The van der Waals surface area contributed by atoms with Crippen molar-refractivity contribution < 1.29 is 36.9 Å². The molecule has 0 aliphatic carbocycles. The Morgan fingerprint density at radius 3 is 1.40 bits per heavy atom. The number of aliphatic hydroxyl groups is 2. The van der Waals surface area contributed by atoms with Crippen LogP contribution in [0.25, 0.3) is 0 Å². The van der Waals surface area contributed by atoms with Gasteiger partial charge >= 0.3 is 0 Å². The molecule has 9 heteroatoms. The highest BCUT2D eigenvalue weighted by Gasteiger charge is 2.01. The smallest absolute Gasteiger partial charge is 0.178 e. The van der Waals surface area contributed by atoms with Gasteiger partial charge in [0.25, 0.3) is 0 Å². The summed E-state index contributed by atoms with van der Waals surface area (Å²) in [7, 11) is -5.17. The van der Waals surface area contributed by atoms with Crippen molar-refractivity contribution in [3.8, 4) is 0 Å². The van der Waals surface area contributed by atoms with E-state index in [-0.39, 0.29) is 13.2 Å². The topological polar surface area (TPSA) is 128 Å². The molecule has 2 N–H and O–H groups in total. The van der Waals surface area contributed by atoms with Crippen molar-refractivity contribution in [1.29, 1.82) is 0 Å². The van der Waals surface area contributed by atoms with Gasteiger partial charge in [-0.05, 0) is 0 Å². The SMILES string of the molecule is Cc1cccc[n+]1CCO.Cc1cccc[n+]1CCO.O=S(=O)([O-])[O-]. The van der Waals surface area contributed by atoms with Crippen LogP contribution >= 0.6 is 0 Å². The summed E-state index contributed by atoms with van der Waals surface area (Å²) in [6.07, 6.45) is 3.93. The zero-order valence-corrected chi connectivity index (χ0v) is 15.1. The molecule has 0 fully saturated rings. The average Bonchev–Trinajstić information content (AvgIpc) is 2.51. The van der Waals surface area contributed by atoms with E-state index < -0.39 is 10.4 Å². The minimum absolute atomic E-state index is 0.204. The van der Waals surface area contributed by atoms with Crippen molar-refractivity contribution in [3.63, 3.8) is 0 Å². The van der Waals surface area contributed by atoms with Crippen LogP contribution in [0, 0.1) is 13.8 Å². The Kier molecular flexibility index (Phi) is 11.5. The third-order valence-corrected chi connectivity index (χ3v) is 3.02. The molecule has 0 spiro atoms. The highest BCUT2D eigenvalue weighted by Crippen LogP contribution is 1.86. The maximum atomic E-state index is 8.62. The Bertz CT molecular complexity index is 667. The van der Waals surface area contributed by atoms with E-state index in [9.17, 15) is 0 Å². The third-order valence-electron chi connectivity index (χ3n) is 3.02. The first kappa shape index (κ1) is 23.1. The first-order chi connectivity index (χ1) is 11.7. The fourth-order valence-corrected chi connectivity index (χ4v) is 1.84. The van der Waals surface area contributed by atoms with Crippen LogP contribution in [0.1, 0.15) is 11.4 Å². The standard InChI is InChI=1S/2C8H12NO.H2O4S/c2*1-8-4-2-3-5-9(8)6-7-10;1-5(2,3)4/h2*2-5,10H,6-7H2,1H3;(H2,1,2,3,4)/q2*+1;/p-2. The molecule has 0 amide bonds. The molecule has 0 saturated carbocycles. The lowest BCUT2D eigenvalue weighted by Crippen LogP contribution is -2.37. The van der Waals surface area contributed by atoms with Gasteiger partial charge in [0.2, 0.25) is 0 Å². The van der Waals surface area contributed by atoms with Gasteiger partial charge in [-0.15, -0.1) is 0 Å². The van der Waals surface area contributed by atoms with E-state index in [4.69, 9.17) is 27.7 Å². The molecule has 140 valence electrons. The normalized spacial score (nSPS) is 10.2. The number of nitrogens with zero attached hydrogens (tertiary/aromatic N) is 2. The zero-order chi connectivity index (χ0) is 19.3. The molecule has 0 bridgehead atoms. The van der Waals surface area contributed by atoms with Crippen LogP contribution in [0.3, 0.4) is 0 Å². The molecule has 25 heavy (non-hydrogen) atoms. The average molecular weight is 372 g/mol. The number of pyridine rings is 2. The molecule has 2 aromatic heterocycles. The van der Waals surface area contributed by atoms with Crippen LogP contribution < -0.4 is 9.13 Å². The molecule has 0 aliphatic heterocycles. The van der Waals surface area contributed by atoms with Crippen LogP contribution in [-0.2, 0) is 23.5 Å². The fourth-order valence-electron chi connectivity index (χ4n) is 1.84. The minimum atomic E-state index is -5.17. The third kappa shape index (κ3) is 13.1. The van der Waals surface area contributed by atoms with E-state index in [2.05, 4.69) is 0 Å². The quantitative estimate of drug-likeness (QED) is 0.411. The lowest BCUT2D eigenvalue weighted by molar-refractivity contribution is -0.704. The zero-order valence-electron chi connectivity index (χ0n) is 14.3. The van der Waals surface area contributed by atoms with E-state index in [1.807, 2.05) is 71.8 Å². The Morgan fingerprint density at radius 1 is 0.840 bits per heavy atom. The predicted octanol–water partition coefficient (Wildman–Crippen LogP) is -0.788. The Balaban J connectivity index is 0.000000368. The monoisotopic (exact) mass is 372 g/mol. The van der Waals surface area contributed by atoms with E-state index in [0.29, 0.717) is 13.1 Å². The van der Waals surface area contributed by atoms with Gasteiger partial charge in [0.1, 0.15) is 13.2 Å². The maximum Gasteiger partial charge on any atom is 0.178 e. The highest BCUT2D eigenvalue weighted by molar-refractivity contribution is 7.79. The van der Waals surface area contributed by atoms with Crippen LogP contribution in [0.4, 0.5) is 0 Å². The lowest BCUT2D eigenvalue weighted by Gasteiger charge is -2.06. The first-order valence-corrected chi connectivity index (χ1v) is 8.81. The summed E-state index contributed by atoms with van der Waals surface area (Å²) in [4.78, 5) is 0. The summed E-state index contributed by atoms with van der Waals surface area (Å²) in [5, 5.41) is 17.2. The summed E-state index contributed by atoms with van der Waals surface area (Å²) < 4.78 is 38.1. The molecular weight excluding hydrogens is 348 g/mol. The second-order valence-electron chi connectivity index (χ2n) is 4.93. The van der Waals surface area contributed by atoms with Gasteiger partial charge in [-0.1, -0.05) is 12.1 Å². The maximum absolute atomic E-state index is 8.62. The van der Waals surface area contributed by atoms with Crippen molar-refractivity contribution >= 4 is 10.4 Å². The van der Waals surface area contributed by atoms with E-state index >= 15 is 0 Å². The van der Waals surface area contributed by atoms with Crippen LogP contribution in [0.15, 0.2) is 48.8 Å². The number of aryl methyl sites for hydroxylation is 2.